The average molecular weight is 1340 g/mol. The lowest BCUT2D eigenvalue weighted by Gasteiger charge is -2.28. The van der Waals surface area contributed by atoms with E-state index in [4.69, 9.17) is 47.4 Å². The number of esters is 6. The van der Waals surface area contributed by atoms with Gasteiger partial charge in [0.1, 0.15) is 28.6 Å². The fourth-order valence-electron chi connectivity index (χ4n) is 11.9. The van der Waals surface area contributed by atoms with Crippen molar-refractivity contribution in [1.29, 1.82) is 0 Å². The van der Waals surface area contributed by atoms with E-state index in [-0.39, 0.29) is 51.1 Å². The quantitative estimate of drug-likeness (QED) is 0.0224. The van der Waals surface area contributed by atoms with Crippen LogP contribution < -0.4 is 18.9 Å². The Kier molecular flexibility index (Phi) is 44.8. The van der Waals surface area contributed by atoms with Crippen molar-refractivity contribution in [1.82, 2.24) is 0 Å². The molecule has 3 aromatic carbocycles. The van der Waals surface area contributed by atoms with Gasteiger partial charge in [-0.2, -0.15) is 0 Å². The molecular weight excluding hydrogens is 1220 g/mol. The van der Waals surface area contributed by atoms with E-state index in [1.807, 2.05) is 0 Å². The van der Waals surface area contributed by atoms with Gasteiger partial charge in [0.15, 0.2) is 0 Å². The van der Waals surface area contributed by atoms with Gasteiger partial charge in [-0.05, 0) is 251 Å². The maximum Gasteiger partial charge on any atom is 0.342 e. The van der Waals surface area contributed by atoms with E-state index in [1.165, 1.54) is 81.8 Å². The van der Waals surface area contributed by atoms with Crippen molar-refractivity contribution in [3.8, 4) is 23.0 Å². The molecule has 96 heavy (non-hydrogen) atoms. The van der Waals surface area contributed by atoms with Gasteiger partial charge in [0.25, 0.3) is 0 Å². The van der Waals surface area contributed by atoms with Crippen LogP contribution in [0.5, 0.6) is 23.0 Å². The summed E-state index contributed by atoms with van der Waals surface area (Å²) in [6.45, 7) is 18.2. The summed E-state index contributed by atoms with van der Waals surface area (Å²) in [7, 11) is 0. The second kappa shape index (κ2) is 52.5. The third-order valence-electron chi connectivity index (χ3n) is 18.0. The predicted octanol–water partition coefficient (Wildman–Crippen LogP) is 19.2. The molecule has 1 fully saturated rings. The molecule has 1 aliphatic rings. The van der Waals surface area contributed by atoms with E-state index < -0.39 is 35.8 Å². The van der Waals surface area contributed by atoms with Gasteiger partial charge in [-0.25, -0.2) is 9.59 Å². The van der Waals surface area contributed by atoms with Crippen molar-refractivity contribution < 1.29 is 76.1 Å². The maximum atomic E-state index is 13.4. The first kappa shape index (κ1) is 81.8. The van der Waals surface area contributed by atoms with Gasteiger partial charge in [-0.3, -0.25) is 19.2 Å². The topological polar surface area (TPSA) is 195 Å². The van der Waals surface area contributed by atoms with E-state index in [9.17, 15) is 28.8 Å². The fourth-order valence-corrected chi connectivity index (χ4v) is 11.9. The van der Waals surface area contributed by atoms with Crippen LogP contribution in [0, 0.1) is 11.8 Å². The van der Waals surface area contributed by atoms with Crippen LogP contribution in [0.15, 0.2) is 78.9 Å². The molecule has 0 aromatic heterocycles. The van der Waals surface area contributed by atoms with Gasteiger partial charge in [0, 0.05) is 5.57 Å². The monoisotopic (exact) mass is 1340 g/mol. The zero-order valence-corrected chi connectivity index (χ0v) is 59.7. The minimum absolute atomic E-state index is 0.00547. The van der Waals surface area contributed by atoms with Crippen molar-refractivity contribution in [2.75, 3.05) is 66.1 Å². The number of ether oxygens (including phenoxy) is 10. The lowest BCUT2D eigenvalue weighted by atomic mass is 9.77. The van der Waals surface area contributed by atoms with Crippen LogP contribution in [0.2, 0.25) is 0 Å². The number of carbonyl (C=O) groups excluding carboxylic acids is 6. The average Bonchev–Trinajstić information content (AvgIpc) is 0.999. The minimum atomic E-state index is -0.519. The highest BCUT2D eigenvalue weighted by atomic mass is 16.6. The second-order valence-electron chi connectivity index (χ2n) is 26.2. The molecule has 0 aliphatic heterocycles. The van der Waals surface area contributed by atoms with Gasteiger partial charge in [-0.15, -0.1) is 0 Å². The van der Waals surface area contributed by atoms with E-state index >= 15 is 0 Å². The van der Waals surface area contributed by atoms with E-state index in [1.54, 1.807) is 25.1 Å². The van der Waals surface area contributed by atoms with Crippen LogP contribution in [-0.2, 0) is 52.4 Å². The molecule has 16 heteroatoms. The number of hydrogen-bond acceptors (Lipinski definition) is 16. The van der Waals surface area contributed by atoms with E-state index in [0.29, 0.717) is 107 Å². The molecule has 0 saturated heterocycles. The lowest BCUT2D eigenvalue weighted by Crippen LogP contribution is -2.13. The first-order valence-corrected chi connectivity index (χ1v) is 37.3. The molecular formula is C80H122O16. The normalized spacial score (nSPS) is 14.2. The van der Waals surface area contributed by atoms with E-state index in [2.05, 4.69) is 82.8 Å². The summed E-state index contributed by atoms with van der Waals surface area (Å²) < 4.78 is 56.4. The fraction of sp³-hybridized carbons (Fsp3) is 0.675. The first-order valence-electron chi connectivity index (χ1n) is 37.3. The summed E-state index contributed by atoms with van der Waals surface area (Å²) in [6, 6.07) is 22.4. The molecule has 0 bridgehead atoms. The molecule has 4 rings (SSSR count). The van der Waals surface area contributed by atoms with Crippen LogP contribution in [0.3, 0.4) is 0 Å². The third kappa shape index (κ3) is 38.4. The van der Waals surface area contributed by atoms with Gasteiger partial charge in [0.05, 0.1) is 91.8 Å². The molecule has 0 heterocycles. The number of unbranched alkanes of at least 4 members (excludes halogenated alkanes) is 15. The van der Waals surface area contributed by atoms with Crippen LogP contribution in [-0.4, -0.2) is 102 Å². The molecule has 1 saturated carbocycles. The van der Waals surface area contributed by atoms with Crippen molar-refractivity contribution in [3.63, 3.8) is 0 Å². The van der Waals surface area contributed by atoms with Gasteiger partial charge < -0.3 is 47.4 Å². The smallest absolute Gasteiger partial charge is 0.342 e. The Morgan fingerprint density at radius 2 is 0.823 bits per heavy atom. The molecule has 3 aromatic rings. The zero-order chi connectivity index (χ0) is 69.1. The molecule has 2 unspecified atom stereocenters. The molecule has 0 radical (unpaired) electrons. The van der Waals surface area contributed by atoms with Crippen LogP contribution in [0.1, 0.15) is 293 Å². The Balaban J connectivity index is 1.00. The summed E-state index contributed by atoms with van der Waals surface area (Å²) in [6.07, 6.45) is 30.4. The summed E-state index contributed by atoms with van der Waals surface area (Å²) >= 11 is 0. The molecule has 16 nitrogen and oxygen atoms in total. The molecule has 0 amide bonds. The summed E-state index contributed by atoms with van der Waals surface area (Å²) in [5, 5.41) is 0. The number of rotatable bonds is 57. The van der Waals surface area contributed by atoms with Crippen LogP contribution in [0.25, 0.3) is 0 Å². The van der Waals surface area contributed by atoms with Gasteiger partial charge >= 0.3 is 35.8 Å². The first-order chi connectivity index (χ1) is 46.8. The molecule has 2 atom stereocenters. The molecule has 1 aliphatic carbocycles. The standard InChI is InChI=1S/C80H122O16/c1-7-30-65(9-3)33-32-64(6)67-38-42-70(43-39-67)87-52-20-10-14-24-56-91-76(82)50-51-78(84)94-59-27-17-13-23-55-90-74-47-46-72(62-73(74)80(86)96-61-29-19-18-28-60-95-79(85)63(4)5)89-54-22-12-16-26-58-93-77(83)49-48-75(81)92-57-25-15-11-21-53-88-71-44-40-69(41-45-71)68-36-34-66(31-8-2)35-37-68/h38-47,62,64-66,68H,4,7-37,48-61H2,1-3,5-6H3. The summed E-state index contributed by atoms with van der Waals surface area (Å²) in [4.78, 5) is 74.3. The lowest BCUT2D eigenvalue weighted by molar-refractivity contribution is -0.150. The largest absolute Gasteiger partial charge is 0.494 e. The minimum Gasteiger partial charge on any atom is -0.494 e. The predicted molar refractivity (Wildman–Crippen MR) is 378 cm³/mol. The van der Waals surface area contributed by atoms with Crippen molar-refractivity contribution in [3.05, 3.63) is 95.6 Å². The highest BCUT2D eigenvalue weighted by Gasteiger charge is 2.23. The van der Waals surface area contributed by atoms with Crippen LogP contribution in [0.4, 0.5) is 0 Å². The molecule has 538 valence electrons. The maximum absolute atomic E-state index is 13.4. The number of hydrogen-bond donors (Lipinski definition) is 0. The Labute approximate surface area is 577 Å². The number of benzene rings is 3. The third-order valence-corrected chi connectivity index (χ3v) is 18.0. The Bertz CT molecular complexity index is 2590. The highest BCUT2D eigenvalue weighted by molar-refractivity contribution is 5.93. The Hall–Kier alpha value is -6.58. The highest BCUT2D eigenvalue weighted by Crippen LogP contribution is 2.38. The second-order valence-corrected chi connectivity index (χ2v) is 26.2. The Morgan fingerprint density at radius 1 is 0.427 bits per heavy atom. The van der Waals surface area contributed by atoms with Gasteiger partial charge in [0.2, 0.25) is 0 Å². The summed E-state index contributed by atoms with van der Waals surface area (Å²) in [5.41, 5.74) is 3.43. The van der Waals surface area contributed by atoms with Crippen LogP contribution >= 0.6 is 0 Å². The van der Waals surface area contributed by atoms with E-state index in [0.717, 1.165) is 120 Å². The van der Waals surface area contributed by atoms with Crippen molar-refractivity contribution in [2.24, 2.45) is 11.8 Å². The van der Waals surface area contributed by atoms with Gasteiger partial charge in [-0.1, -0.05) is 90.6 Å². The Morgan fingerprint density at radius 3 is 1.25 bits per heavy atom. The number of carbonyl (C=O) groups is 6. The SMILES string of the molecule is C=C(C)C(=O)OCCCCCCOC(=O)c1cc(OCCCCCCOC(=O)CCC(=O)OCCCCCCOc2ccc(C3CCC(CCC)CC3)cc2)ccc1OCCCCCCOC(=O)CCC(=O)OCCCCCCOc1ccc(C(C)CCC(CC)CCC)cc1. The molecule has 0 spiro atoms. The van der Waals surface area contributed by atoms with Crippen molar-refractivity contribution in [2.45, 2.75) is 271 Å². The zero-order valence-electron chi connectivity index (χ0n) is 59.7. The van der Waals surface area contributed by atoms with Crippen molar-refractivity contribution >= 4 is 35.8 Å². The summed E-state index contributed by atoms with van der Waals surface area (Å²) in [5.74, 6) is 3.11. The molecule has 0 N–H and O–H groups in total.